The molecule has 0 heterocycles. The second-order valence-corrected chi connectivity index (χ2v) is 5.76. The van der Waals surface area contributed by atoms with E-state index in [9.17, 15) is 5.11 Å². The number of rotatable bonds is 2. The minimum Gasteiger partial charge on any atom is -0.486 e. The van der Waals surface area contributed by atoms with Crippen molar-refractivity contribution in [2.24, 2.45) is 0 Å². The van der Waals surface area contributed by atoms with Crippen LogP contribution >= 0.6 is 27.5 Å². The predicted molar refractivity (Wildman–Crippen MR) is 72.7 cm³/mol. The molecule has 1 aromatic carbocycles. The number of benzene rings is 1. The van der Waals surface area contributed by atoms with Gasteiger partial charge in [-0.1, -0.05) is 40.4 Å². The third-order valence-corrected chi connectivity index (χ3v) is 3.88. The molecule has 17 heavy (non-hydrogen) atoms. The summed E-state index contributed by atoms with van der Waals surface area (Å²) in [5, 5.41) is 10.6. The summed E-state index contributed by atoms with van der Waals surface area (Å²) in [6, 6.07) is 5.54. The lowest BCUT2D eigenvalue weighted by molar-refractivity contribution is 0.0320. The van der Waals surface area contributed by atoms with Gasteiger partial charge in [0.05, 0.1) is 11.1 Å². The van der Waals surface area contributed by atoms with Crippen LogP contribution in [0.4, 0.5) is 0 Å². The van der Waals surface area contributed by atoms with Gasteiger partial charge >= 0.3 is 0 Å². The topological polar surface area (TPSA) is 29.5 Å². The maximum absolute atomic E-state index is 9.98. The molecule has 1 aromatic rings. The summed E-state index contributed by atoms with van der Waals surface area (Å²) in [5.74, 6) is 0.654. The molecule has 0 aromatic heterocycles. The van der Waals surface area contributed by atoms with Gasteiger partial charge in [-0.05, 0) is 37.5 Å². The van der Waals surface area contributed by atoms with Crippen molar-refractivity contribution < 1.29 is 9.84 Å². The fraction of sp³-hybridized carbons (Fsp3) is 0.538. The van der Waals surface area contributed by atoms with Crippen LogP contribution in [0.3, 0.4) is 0 Å². The van der Waals surface area contributed by atoms with Crippen molar-refractivity contribution in [3.05, 3.63) is 27.7 Å². The zero-order chi connectivity index (χ0) is 12.3. The molecule has 4 heteroatoms. The molecule has 1 aliphatic rings. The van der Waals surface area contributed by atoms with Crippen LogP contribution in [0.25, 0.3) is 0 Å². The Morgan fingerprint density at radius 2 is 2.00 bits per heavy atom. The predicted octanol–water partition coefficient (Wildman–Crippen LogP) is 4.17. The quantitative estimate of drug-likeness (QED) is 0.829. The Labute approximate surface area is 115 Å². The number of aliphatic hydroxyl groups is 1. The molecule has 94 valence electrons. The first-order valence-electron chi connectivity index (χ1n) is 5.96. The molecule has 2 unspecified atom stereocenters. The summed E-state index contributed by atoms with van der Waals surface area (Å²) >= 11 is 9.46. The average Bonchev–Trinajstić information content (AvgIpc) is 2.48. The highest BCUT2D eigenvalue weighted by Gasteiger charge is 2.23. The van der Waals surface area contributed by atoms with E-state index in [1.807, 2.05) is 12.1 Å². The van der Waals surface area contributed by atoms with Crippen LogP contribution in [0.5, 0.6) is 5.75 Å². The number of hydrogen-bond acceptors (Lipinski definition) is 2. The third kappa shape index (κ3) is 3.60. The standard InChI is InChI=1S/C13H16BrClO2/c14-9-6-7-12(10(15)8-9)17-13-5-3-1-2-4-11(13)16/h6-8,11,13,16H,1-5H2. The first kappa shape index (κ1) is 13.2. The Balaban J connectivity index is 2.08. The number of hydrogen-bond donors (Lipinski definition) is 1. The monoisotopic (exact) mass is 318 g/mol. The van der Waals surface area contributed by atoms with Gasteiger partial charge in [0.15, 0.2) is 0 Å². The molecule has 1 saturated carbocycles. The highest BCUT2D eigenvalue weighted by atomic mass is 79.9. The fourth-order valence-electron chi connectivity index (χ4n) is 2.13. The third-order valence-electron chi connectivity index (χ3n) is 3.09. The summed E-state index contributed by atoms with van der Waals surface area (Å²) in [4.78, 5) is 0. The molecule has 1 aliphatic carbocycles. The van der Waals surface area contributed by atoms with E-state index in [-0.39, 0.29) is 12.2 Å². The molecule has 0 bridgehead atoms. The minimum absolute atomic E-state index is 0.129. The van der Waals surface area contributed by atoms with Crippen LogP contribution in [0.1, 0.15) is 32.1 Å². The number of halogens is 2. The summed E-state index contributed by atoms with van der Waals surface area (Å²) in [7, 11) is 0. The Morgan fingerprint density at radius 1 is 1.24 bits per heavy atom. The molecule has 0 radical (unpaired) electrons. The zero-order valence-electron chi connectivity index (χ0n) is 9.53. The summed E-state index contributed by atoms with van der Waals surface area (Å²) in [6.07, 6.45) is 4.57. The highest BCUT2D eigenvalue weighted by Crippen LogP contribution is 2.31. The van der Waals surface area contributed by atoms with Crippen LogP contribution < -0.4 is 4.74 Å². The van der Waals surface area contributed by atoms with Crippen molar-refractivity contribution in [1.29, 1.82) is 0 Å². The SMILES string of the molecule is OC1CCCCCC1Oc1ccc(Br)cc1Cl. The van der Waals surface area contributed by atoms with Crippen LogP contribution in [-0.2, 0) is 0 Å². The molecule has 2 atom stereocenters. The van der Waals surface area contributed by atoms with Gasteiger partial charge in [-0.25, -0.2) is 0 Å². The highest BCUT2D eigenvalue weighted by molar-refractivity contribution is 9.10. The summed E-state index contributed by atoms with van der Waals surface area (Å²) in [6.45, 7) is 0. The van der Waals surface area contributed by atoms with E-state index >= 15 is 0 Å². The number of aliphatic hydroxyl groups excluding tert-OH is 1. The van der Waals surface area contributed by atoms with Gasteiger partial charge in [0.25, 0.3) is 0 Å². The molecule has 0 aliphatic heterocycles. The maximum atomic E-state index is 9.98. The minimum atomic E-state index is -0.378. The van der Waals surface area contributed by atoms with Crippen LogP contribution in [0.15, 0.2) is 22.7 Å². The van der Waals surface area contributed by atoms with Gasteiger partial charge in [-0.15, -0.1) is 0 Å². The molecule has 2 nitrogen and oxygen atoms in total. The van der Waals surface area contributed by atoms with Gasteiger partial charge in [0.2, 0.25) is 0 Å². The van der Waals surface area contributed by atoms with Crippen molar-refractivity contribution in [2.75, 3.05) is 0 Å². The van der Waals surface area contributed by atoms with Crippen molar-refractivity contribution in [1.82, 2.24) is 0 Å². The molecule has 1 N–H and O–H groups in total. The van der Waals surface area contributed by atoms with E-state index in [4.69, 9.17) is 16.3 Å². The zero-order valence-corrected chi connectivity index (χ0v) is 11.9. The first-order valence-corrected chi connectivity index (χ1v) is 7.13. The van der Waals surface area contributed by atoms with Crippen LogP contribution in [0, 0.1) is 0 Å². The molecule has 2 rings (SSSR count). The lowest BCUT2D eigenvalue weighted by atomic mass is 10.1. The fourth-order valence-corrected chi connectivity index (χ4v) is 2.84. The van der Waals surface area contributed by atoms with E-state index < -0.39 is 0 Å². The lowest BCUT2D eigenvalue weighted by Crippen LogP contribution is -2.30. The maximum Gasteiger partial charge on any atom is 0.138 e. The van der Waals surface area contributed by atoms with E-state index in [0.29, 0.717) is 10.8 Å². The molecule has 0 amide bonds. The van der Waals surface area contributed by atoms with Gasteiger partial charge < -0.3 is 9.84 Å². The van der Waals surface area contributed by atoms with Gasteiger partial charge in [0.1, 0.15) is 11.9 Å². The van der Waals surface area contributed by atoms with Gasteiger partial charge in [0, 0.05) is 4.47 Å². The van der Waals surface area contributed by atoms with Gasteiger partial charge in [-0.3, -0.25) is 0 Å². The van der Waals surface area contributed by atoms with Crippen molar-refractivity contribution in [3.63, 3.8) is 0 Å². The second kappa shape index (κ2) is 6.07. The van der Waals surface area contributed by atoms with Crippen LogP contribution in [0.2, 0.25) is 5.02 Å². The van der Waals surface area contributed by atoms with E-state index in [0.717, 1.165) is 30.2 Å². The van der Waals surface area contributed by atoms with E-state index in [1.54, 1.807) is 6.07 Å². The lowest BCUT2D eigenvalue weighted by Gasteiger charge is -2.22. The first-order chi connectivity index (χ1) is 8.16. The number of ether oxygens (including phenoxy) is 1. The molecule has 0 saturated heterocycles. The van der Waals surface area contributed by atoms with Crippen molar-refractivity contribution >= 4 is 27.5 Å². The molecule has 0 spiro atoms. The summed E-state index contributed by atoms with van der Waals surface area (Å²) < 4.78 is 6.76. The second-order valence-electron chi connectivity index (χ2n) is 4.44. The Bertz CT molecular complexity index is 384. The normalized spacial score (nSPS) is 25.4. The van der Waals surface area contributed by atoms with E-state index in [1.165, 1.54) is 6.42 Å². The molecular weight excluding hydrogens is 303 g/mol. The average molecular weight is 320 g/mol. The van der Waals surface area contributed by atoms with Crippen molar-refractivity contribution in [3.8, 4) is 5.75 Å². The van der Waals surface area contributed by atoms with E-state index in [2.05, 4.69) is 15.9 Å². The van der Waals surface area contributed by atoms with Gasteiger partial charge in [-0.2, -0.15) is 0 Å². The smallest absolute Gasteiger partial charge is 0.138 e. The largest absolute Gasteiger partial charge is 0.486 e. The van der Waals surface area contributed by atoms with Crippen molar-refractivity contribution in [2.45, 2.75) is 44.3 Å². The summed E-state index contributed by atoms with van der Waals surface area (Å²) in [5.41, 5.74) is 0. The molecular formula is C13H16BrClO2. The Morgan fingerprint density at radius 3 is 2.76 bits per heavy atom. The molecule has 1 fully saturated rings. The Hall–Kier alpha value is -0.250. The van der Waals surface area contributed by atoms with Crippen LogP contribution in [-0.4, -0.2) is 17.3 Å². The Kier molecular flexibility index (Phi) is 4.71.